The SMILES string of the molecule is Cn1c(=O)n(Cc2ccccc2)c(=O)c2cc(C(=O)OCC3=NOCO3)sc21. The van der Waals surface area contributed by atoms with Crippen LogP contribution in [-0.4, -0.2) is 34.4 Å². The zero-order chi connectivity index (χ0) is 19.7. The minimum Gasteiger partial charge on any atom is -0.451 e. The van der Waals surface area contributed by atoms with E-state index in [1.165, 1.54) is 10.6 Å². The molecule has 144 valence electrons. The third-order valence-corrected chi connectivity index (χ3v) is 5.36. The highest BCUT2D eigenvalue weighted by Gasteiger charge is 2.20. The van der Waals surface area contributed by atoms with Gasteiger partial charge in [0.05, 0.1) is 11.9 Å². The lowest BCUT2D eigenvalue weighted by Crippen LogP contribution is -2.38. The van der Waals surface area contributed by atoms with Gasteiger partial charge >= 0.3 is 11.7 Å². The molecule has 1 aliphatic rings. The van der Waals surface area contributed by atoms with Crippen LogP contribution in [0.4, 0.5) is 0 Å². The normalized spacial score (nSPS) is 13.1. The Morgan fingerprint density at radius 3 is 2.79 bits per heavy atom. The van der Waals surface area contributed by atoms with Crippen molar-refractivity contribution in [2.75, 3.05) is 13.4 Å². The van der Waals surface area contributed by atoms with Gasteiger partial charge in [-0.15, -0.1) is 11.3 Å². The smallest absolute Gasteiger partial charge is 0.348 e. The number of fused-ring (bicyclic) bond motifs is 1. The first-order chi connectivity index (χ1) is 13.5. The van der Waals surface area contributed by atoms with Crippen LogP contribution in [0.3, 0.4) is 0 Å². The van der Waals surface area contributed by atoms with Gasteiger partial charge in [0.1, 0.15) is 9.71 Å². The molecule has 9 nitrogen and oxygen atoms in total. The molecule has 0 saturated carbocycles. The molecule has 0 N–H and O–H groups in total. The first-order valence-electron chi connectivity index (χ1n) is 8.30. The number of nitrogens with zero attached hydrogens (tertiary/aromatic N) is 3. The summed E-state index contributed by atoms with van der Waals surface area (Å²) in [5, 5.41) is 3.84. The van der Waals surface area contributed by atoms with Gasteiger partial charge in [0.2, 0.25) is 0 Å². The lowest BCUT2D eigenvalue weighted by molar-refractivity contribution is 0.0479. The van der Waals surface area contributed by atoms with Gasteiger partial charge in [-0.1, -0.05) is 30.3 Å². The van der Waals surface area contributed by atoms with E-state index in [4.69, 9.17) is 9.47 Å². The molecule has 0 atom stereocenters. The quantitative estimate of drug-likeness (QED) is 0.597. The average molecular weight is 401 g/mol. The van der Waals surface area contributed by atoms with Gasteiger partial charge in [-0.2, -0.15) is 0 Å². The van der Waals surface area contributed by atoms with E-state index in [9.17, 15) is 14.4 Å². The van der Waals surface area contributed by atoms with Gasteiger partial charge in [0.15, 0.2) is 6.61 Å². The first-order valence-corrected chi connectivity index (χ1v) is 9.12. The lowest BCUT2D eigenvalue weighted by atomic mass is 10.2. The van der Waals surface area contributed by atoms with Crippen LogP contribution in [0, 0.1) is 0 Å². The summed E-state index contributed by atoms with van der Waals surface area (Å²) in [6.45, 7) is -0.0435. The zero-order valence-electron chi connectivity index (χ0n) is 14.8. The van der Waals surface area contributed by atoms with Crippen LogP contribution >= 0.6 is 11.3 Å². The summed E-state index contributed by atoms with van der Waals surface area (Å²) in [6.07, 6.45) is 0. The Hall–Kier alpha value is -3.40. The standard InChI is InChI=1S/C18H15N3O6S/c1-20-16-12(7-13(28-16)17(23)25-9-14-19-27-10-26-14)15(22)21(18(20)24)8-11-5-3-2-4-6-11/h2-7H,8-10H2,1H3. The molecule has 2 aromatic heterocycles. The molecule has 28 heavy (non-hydrogen) atoms. The molecule has 1 aliphatic heterocycles. The number of benzene rings is 1. The highest BCUT2D eigenvalue weighted by atomic mass is 32.1. The molecule has 10 heteroatoms. The van der Waals surface area contributed by atoms with Crippen molar-refractivity contribution in [3.8, 4) is 0 Å². The van der Waals surface area contributed by atoms with Crippen LogP contribution in [0.5, 0.6) is 0 Å². The van der Waals surface area contributed by atoms with E-state index in [2.05, 4.69) is 9.99 Å². The Bertz CT molecular complexity index is 1190. The Balaban J connectivity index is 1.68. The van der Waals surface area contributed by atoms with Crippen molar-refractivity contribution in [1.82, 2.24) is 9.13 Å². The molecule has 0 spiro atoms. The van der Waals surface area contributed by atoms with Crippen molar-refractivity contribution in [3.63, 3.8) is 0 Å². The first kappa shape index (κ1) is 18.0. The van der Waals surface area contributed by atoms with Crippen LogP contribution in [0.1, 0.15) is 15.2 Å². The molecular weight excluding hydrogens is 386 g/mol. The van der Waals surface area contributed by atoms with Crippen molar-refractivity contribution < 1.29 is 19.1 Å². The predicted octanol–water partition coefficient (Wildman–Crippen LogP) is 1.28. The molecule has 0 aliphatic carbocycles. The molecule has 3 aromatic rings. The molecule has 0 radical (unpaired) electrons. The fourth-order valence-corrected chi connectivity index (χ4v) is 3.77. The molecule has 0 fully saturated rings. The number of rotatable bonds is 5. The number of carbonyl (C=O) groups is 1. The molecule has 3 heterocycles. The number of hydrogen-bond acceptors (Lipinski definition) is 8. The number of ether oxygens (including phenoxy) is 2. The van der Waals surface area contributed by atoms with E-state index in [1.54, 1.807) is 7.05 Å². The van der Waals surface area contributed by atoms with Gasteiger partial charge in [-0.25, -0.2) is 9.59 Å². The Morgan fingerprint density at radius 2 is 2.07 bits per heavy atom. The summed E-state index contributed by atoms with van der Waals surface area (Å²) in [6, 6.07) is 10.7. The van der Waals surface area contributed by atoms with Crippen LogP contribution in [0.15, 0.2) is 51.1 Å². The van der Waals surface area contributed by atoms with Crippen molar-refractivity contribution in [2.24, 2.45) is 12.2 Å². The van der Waals surface area contributed by atoms with Crippen LogP contribution < -0.4 is 11.2 Å². The largest absolute Gasteiger partial charge is 0.451 e. The van der Waals surface area contributed by atoms with Gasteiger partial charge in [0.25, 0.3) is 18.2 Å². The van der Waals surface area contributed by atoms with Crippen molar-refractivity contribution in [2.45, 2.75) is 6.54 Å². The van der Waals surface area contributed by atoms with Gasteiger partial charge in [-0.05, 0) is 16.8 Å². The third-order valence-electron chi connectivity index (χ3n) is 4.17. The van der Waals surface area contributed by atoms with E-state index in [-0.39, 0.29) is 36.1 Å². The fourth-order valence-electron chi connectivity index (χ4n) is 2.78. The number of aryl methyl sites for hydroxylation is 1. The second kappa shape index (κ2) is 7.31. The summed E-state index contributed by atoms with van der Waals surface area (Å²) >= 11 is 1.02. The lowest BCUT2D eigenvalue weighted by Gasteiger charge is -2.08. The van der Waals surface area contributed by atoms with E-state index in [0.717, 1.165) is 21.5 Å². The zero-order valence-corrected chi connectivity index (χ0v) is 15.6. The maximum Gasteiger partial charge on any atom is 0.348 e. The van der Waals surface area contributed by atoms with Crippen molar-refractivity contribution >= 4 is 33.4 Å². The second-order valence-corrected chi connectivity index (χ2v) is 7.03. The topological polar surface area (TPSA) is 101 Å². The highest BCUT2D eigenvalue weighted by molar-refractivity contribution is 7.20. The number of aromatic nitrogens is 2. The number of esters is 1. The van der Waals surface area contributed by atoms with E-state index in [1.807, 2.05) is 30.3 Å². The minimum atomic E-state index is -0.638. The Morgan fingerprint density at radius 1 is 1.29 bits per heavy atom. The molecular formula is C18H15N3O6S. The maximum absolute atomic E-state index is 12.9. The summed E-state index contributed by atoms with van der Waals surface area (Å²) in [5.74, 6) is -0.479. The predicted molar refractivity (Wildman–Crippen MR) is 102 cm³/mol. The van der Waals surface area contributed by atoms with E-state index in [0.29, 0.717) is 4.83 Å². The fraction of sp³-hybridized carbons (Fsp3) is 0.222. The third kappa shape index (κ3) is 3.29. The van der Waals surface area contributed by atoms with Gasteiger partial charge < -0.3 is 14.3 Å². The second-order valence-electron chi connectivity index (χ2n) is 6.00. The molecule has 0 unspecified atom stereocenters. The molecule has 0 amide bonds. The molecule has 1 aromatic carbocycles. The average Bonchev–Trinajstić information content (AvgIpc) is 3.38. The van der Waals surface area contributed by atoms with Gasteiger partial charge in [0, 0.05) is 7.05 Å². The minimum absolute atomic E-state index is 0.0150. The summed E-state index contributed by atoms with van der Waals surface area (Å²) < 4.78 is 12.6. The molecule has 4 rings (SSSR count). The number of carbonyl (C=O) groups excluding carboxylic acids is 1. The van der Waals surface area contributed by atoms with E-state index < -0.39 is 17.2 Å². The molecule has 0 saturated heterocycles. The van der Waals surface area contributed by atoms with Gasteiger partial charge in [-0.3, -0.25) is 13.9 Å². The summed E-state index contributed by atoms with van der Waals surface area (Å²) in [4.78, 5) is 43.1. The van der Waals surface area contributed by atoms with Crippen molar-refractivity contribution in [1.29, 1.82) is 0 Å². The maximum atomic E-state index is 12.9. The Kier molecular flexibility index (Phi) is 4.70. The highest BCUT2D eigenvalue weighted by Crippen LogP contribution is 2.22. The van der Waals surface area contributed by atoms with Crippen LogP contribution in [0.2, 0.25) is 0 Å². The molecule has 0 bridgehead atoms. The monoisotopic (exact) mass is 401 g/mol. The summed E-state index contributed by atoms with van der Waals surface area (Å²) in [5.41, 5.74) is -0.0707. The Labute approximate surface area is 162 Å². The van der Waals surface area contributed by atoms with Crippen molar-refractivity contribution in [3.05, 3.63) is 67.7 Å². The van der Waals surface area contributed by atoms with Crippen LogP contribution in [-0.2, 0) is 27.9 Å². The number of thiophene rings is 1. The number of oxime groups is 1. The van der Waals surface area contributed by atoms with E-state index >= 15 is 0 Å². The van der Waals surface area contributed by atoms with Crippen LogP contribution in [0.25, 0.3) is 10.2 Å². The number of hydrogen-bond donors (Lipinski definition) is 0. The summed E-state index contributed by atoms with van der Waals surface area (Å²) in [7, 11) is 1.57.